The highest BCUT2D eigenvalue weighted by atomic mass is 16.5. The summed E-state index contributed by atoms with van der Waals surface area (Å²) in [6.07, 6.45) is 0.0290. The van der Waals surface area contributed by atoms with Gasteiger partial charge in [0.25, 0.3) is 0 Å². The molecule has 0 bridgehead atoms. The summed E-state index contributed by atoms with van der Waals surface area (Å²) in [5, 5.41) is 66.9. The normalized spacial score (nSPS) is 14.8. The van der Waals surface area contributed by atoms with Gasteiger partial charge in [0.15, 0.2) is 5.96 Å². The highest BCUT2D eigenvalue weighted by Gasteiger charge is 2.44. The maximum atomic E-state index is 14.8. The summed E-state index contributed by atoms with van der Waals surface area (Å²) in [5.74, 6) is -12.9. The first kappa shape index (κ1) is 108. The van der Waals surface area contributed by atoms with Crippen LogP contribution in [0.25, 0.3) is 0 Å². The highest BCUT2D eigenvalue weighted by Crippen LogP contribution is 2.22. The van der Waals surface area contributed by atoms with E-state index in [0.717, 1.165) is 11.4 Å². The summed E-state index contributed by atoms with van der Waals surface area (Å²) in [5.41, 5.74) is 17.7. The van der Waals surface area contributed by atoms with E-state index in [1.54, 1.807) is 37.3 Å². The molecule has 0 radical (unpaired) electrons. The lowest BCUT2D eigenvalue weighted by atomic mass is 10.0. The molecule has 10 atom stereocenters. The van der Waals surface area contributed by atoms with Crippen molar-refractivity contribution < 1.29 is 125 Å². The van der Waals surface area contributed by atoms with E-state index >= 15 is 0 Å². The van der Waals surface area contributed by atoms with Crippen molar-refractivity contribution in [1.82, 2.24) is 94.6 Å². The van der Waals surface area contributed by atoms with E-state index in [1.807, 2.05) is 7.05 Å². The molecule has 1 aliphatic rings. The third-order valence-electron chi connectivity index (χ3n) is 18.2. The van der Waals surface area contributed by atoms with Crippen LogP contribution in [0.15, 0.2) is 42.9 Å². The van der Waals surface area contributed by atoms with Crippen molar-refractivity contribution in [1.29, 1.82) is 5.41 Å². The number of aliphatic hydroxyl groups is 2. The monoisotopic (exact) mass is 1780 g/mol. The Hall–Kier alpha value is -11.1. The molecular formula is C77H128N22O26. The first-order chi connectivity index (χ1) is 60.0. The number of likely N-dealkylation sites (tertiary alicyclic amines) is 1. The number of ether oxygens (including phenoxy) is 8. The fraction of sp³-hybridized carbons (Fsp3) is 0.662. The second-order valence-corrected chi connectivity index (χ2v) is 28.4. The number of likely N-dealkylation sites (N-methyl/N-ethyl adjacent to an activating group) is 2. The molecule has 1 saturated heterocycles. The van der Waals surface area contributed by atoms with Gasteiger partial charge in [-0.05, 0) is 51.6 Å². The molecule has 1 fully saturated rings. The third kappa shape index (κ3) is 48.1. The number of nitrogens with one attached hydrogen (secondary N) is 17. The fourth-order valence-electron chi connectivity index (χ4n) is 11.7. The van der Waals surface area contributed by atoms with Gasteiger partial charge < -0.3 is 160 Å². The predicted molar refractivity (Wildman–Crippen MR) is 444 cm³/mol. The van der Waals surface area contributed by atoms with Crippen LogP contribution in [0, 0.1) is 5.41 Å². The number of nitrogens with zero attached hydrogens (tertiary/aromatic N) is 2. The van der Waals surface area contributed by atoms with Gasteiger partial charge in [-0.3, -0.25) is 77.3 Å². The van der Waals surface area contributed by atoms with Crippen molar-refractivity contribution in [3.05, 3.63) is 54.1 Å². The molecule has 1 aliphatic heterocycles. The quantitative estimate of drug-likeness (QED) is 0.0166. The van der Waals surface area contributed by atoms with Crippen molar-refractivity contribution in [2.45, 2.75) is 151 Å². The lowest BCUT2D eigenvalue weighted by Crippen LogP contribution is -2.61. The van der Waals surface area contributed by atoms with Gasteiger partial charge in [-0.2, -0.15) is 0 Å². The lowest BCUT2D eigenvalue weighted by Gasteiger charge is -2.31. The molecule has 0 aliphatic carbocycles. The Morgan fingerprint density at radius 2 is 0.952 bits per heavy atom. The van der Waals surface area contributed by atoms with Gasteiger partial charge in [0.2, 0.25) is 88.6 Å². The van der Waals surface area contributed by atoms with Crippen LogP contribution in [0.1, 0.15) is 89.3 Å². The number of imidazole rings is 1. The minimum absolute atomic E-state index is 0.00505. The first-order valence-corrected chi connectivity index (χ1v) is 41.2. The maximum absolute atomic E-state index is 14.8. The molecule has 2 aromatic rings. The molecule has 1 aromatic carbocycles. The average molecular weight is 1780 g/mol. The molecule has 15 amide bonds. The Kier molecular flexibility index (Phi) is 55.9. The summed E-state index contributed by atoms with van der Waals surface area (Å²) in [7, 11) is 3.19. The number of primary amides is 1. The van der Waals surface area contributed by atoms with E-state index < -0.39 is 189 Å². The number of aliphatic hydroxyl groups excluding tert-OH is 2. The number of β-amino-alcohol motifs (C(OH)–C–C–N with tert-alkyl or cyclic N) is 1. The van der Waals surface area contributed by atoms with Crippen molar-refractivity contribution in [2.24, 2.45) is 17.2 Å². The van der Waals surface area contributed by atoms with Crippen LogP contribution in [-0.4, -0.2) is 365 Å². The number of amides is 15. The lowest BCUT2D eigenvalue weighted by molar-refractivity contribution is -0.143. The number of guanidine groups is 1. The number of aromatic nitrogens is 2. The minimum Gasteiger partial charge on any atom is -0.394 e. The van der Waals surface area contributed by atoms with Crippen LogP contribution >= 0.6 is 0 Å². The molecule has 48 heteroatoms. The molecule has 48 nitrogen and oxygen atoms in total. The van der Waals surface area contributed by atoms with Gasteiger partial charge in [0.1, 0.15) is 86.6 Å². The summed E-state index contributed by atoms with van der Waals surface area (Å²) >= 11 is 0. The summed E-state index contributed by atoms with van der Waals surface area (Å²) in [6.45, 7) is 2.96. The SMILES string of the molecule is CCCC[C@H](NC(=O)[C@H](CN)NC(=O)[C@H](Cc1c[nH]cn1)NC(=O)[C@H](CCC(N)=O)NC(=O)[C@H](CO)NC(=O)CNC(=O)COCCOCCNC(=O)COCCOCCNC(=O)COCCOCCNC(=O)COCCOCCNC)C(=O)N[C@@H](CCC(C)=O)C(=O)N1C[C@H](O)C[C@H]1C(=O)N[C@H](Cc1ccccc1)C(=O)N[C@@H](CCCNC(=N)N)C(=O)NC. The summed E-state index contributed by atoms with van der Waals surface area (Å²) in [4.78, 5) is 221. The first-order valence-electron chi connectivity index (χ1n) is 41.2. The Balaban J connectivity index is 1.50. The number of carbonyl (C=O) groups is 16. The molecule has 3 rings (SSSR count). The van der Waals surface area contributed by atoms with Crippen LogP contribution < -0.4 is 97.0 Å². The Bertz CT molecular complexity index is 3650. The Morgan fingerprint density at radius 1 is 0.504 bits per heavy atom. The number of hydrogen-bond donors (Lipinski definition) is 22. The number of benzene rings is 1. The van der Waals surface area contributed by atoms with Gasteiger partial charge in [-0.1, -0.05) is 50.1 Å². The third-order valence-corrected chi connectivity index (χ3v) is 18.2. The smallest absolute Gasteiger partial charge is 0.246 e. The molecule has 125 heavy (non-hydrogen) atoms. The zero-order chi connectivity index (χ0) is 92.1. The van der Waals surface area contributed by atoms with E-state index in [-0.39, 0.29) is 174 Å². The van der Waals surface area contributed by atoms with Crippen LogP contribution in [0.5, 0.6) is 0 Å². The number of aromatic amines is 1. The number of rotatable bonds is 70. The van der Waals surface area contributed by atoms with Crippen LogP contribution in [0.2, 0.25) is 0 Å². The molecule has 2 heterocycles. The highest BCUT2D eigenvalue weighted by molar-refractivity contribution is 5.99. The average Bonchev–Trinajstić information content (AvgIpc) is 1.67. The molecule has 0 saturated carbocycles. The molecule has 0 unspecified atom stereocenters. The van der Waals surface area contributed by atoms with E-state index in [1.165, 1.54) is 26.5 Å². The zero-order valence-corrected chi connectivity index (χ0v) is 71.3. The number of H-pyrrole nitrogens is 1. The maximum Gasteiger partial charge on any atom is 0.246 e. The molecule has 702 valence electrons. The number of Topliss-reactive ketones (excluding diaryl/α,β-unsaturated/α-hetero) is 1. The van der Waals surface area contributed by atoms with Gasteiger partial charge in [-0.25, -0.2) is 4.98 Å². The number of ketones is 1. The van der Waals surface area contributed by atoms with E-state index in [9.17, 15) is 86.9 Å². The van der Waals surface area contributed by atoms with E-state index in [2.05, 4.69) is 89.7 Å². The summed E-state index contributed by atoms with van der Waals surface area (Å²) in [6, 6.07) is -5.16. The topological polar surface area (TPSA) is 702 Å². The molecule has 0 spiro atoms. The van der Waals surface area contributed by atoms with Crippen LogP contribution in [0.3, 0.4) is 0 Å². The number of hydrogen-bond acceptors (Lipinski definition) is 30. The number of unbranched alkanes of at least 4 members (excludes halogenated alkanes) is 1. The van der Waals surface area contributed by atoms with Crippen molar-refractivity contribution in [2.75, 3.05) is 179 Å². The standard InChI is InChI=1S/C77H128N22O26/c1-5-6-13-54(69(110)95-56(16-15-49(2)101)76(117)99-42-52(102)38-61(99)75(116)97-57(36-50-11-8-7-9-12-50)71(112)92-53(68(109)83-4)14-10-19-88-77(80)81)93-73(114)59(39-78)98-72(113)58(37-51-40-84-48-90-51)96-70(111)55(17-18-62(79)103)94-74(115)60(43-100)91-63(104)41-89-67(108)47-125-35-31-121-27-23-87-66(107)46-124-34-30-120-26-22-86-65(106)45-123-33-29-119-25-21-85-64(105)44-122-32-28-118-24-20-82-3/h7-9,11-12,40,48,52-61,82,100,102H,5-6,10,13-39,41-47,78H2,1-4H3,(H2,79,103)(H,83,109)(H,84,90)(H,85,105)(H,86,106)(H,87,107)(H,89,108)(H,91,104)(H,92,112)(H,93,114)(H,94,115)(H,95,110)(H,96,111)(H,97,116)(H,98,113)(H4,80,81,88)/t52-,53+,54+,55+,56+,57-,58+,59+,60+,61+/m1/s1. The van der Waals surface area contributed by atoms with Gasteiger partial charge in [0, 0.05) is 91.2 Å². The van der Waals surface area contributed by atoms with Crippen molar-refractivity contribution >= 4 is 100 Å². The van der Waals surface area contributed by atoms with Gasteiger partial charge in [-0.15, -0.1) is 0 Å². The van der Waals surface area contributed by atoms with Crippen LogP contribution in [-0.2, 0) is 127 Å². The van der Waals surface area contributed by atoms with E-state index in [0.29, 0.717) is 44.6 Å². The number of carbonyl (C=O) groups excluding carboxylic acids is 16. The van der Waals surface area contributed by atoms with E-state index in [4.69, 9.17) is 60.5 Å². The van der Waals surface area contributed by atoms with Gasteiger partial charge >= 0.3 is 0 Å². The zero-order valence-electron chi connectivity index (χ0n) is 71.3. The predicted octanol–water partition coefficient (Wildman–Crippen LogP) is -10.4. The number of nitrogens with two attached hydrogens (primary N) is 3. The van der Waals surface area contributed by atoms with Gasteiger partial charge in [0.05, 0.1) is 111 Å². The van der Waals surface area contributed by atoms with Crippen molar-refractivity contribution in [3.63, 3.8) is 0 Å². The second-order valence-electron chi connectivity index (χ2n) is 28.4. The Morgan fingerprint density at radius 3 is 1.43 bits per heavy atom. The molecule has 1 aromatic heterocycles. The van der Waals surface area contributed by atoms with Crippen molar-refractivity contribution in [3.8, 4) is 0 Å². The second kappa shape index (κ2) is 64.7. The Labute approximate surface area is 724 Å². The minimum atomic E-state index is -1.77. The molecule has 25 N–H and O–H groups in total. The van der Waals surface area contributed by atoms with Crippen LogP contribution in [0.4, 0.5) is 0 Å². The fourth-order valence-corrected chi connectivity index (χ4v) is 11.7. The molecular weight excluding hydrogens is 1650 g/mol. The largest absolute Gasteiger partial charge is 0.394 e. The summed E-state index contributed by atoms with van der Waals surface area (Å²) < 4.78 is 42.6.